The van der Waals surface area contributed by atoms with Gasteiger partial charge in [-0.15, -0.1) is 0 Å². The van der Waals surface area contributed by atoms with Gasteiger partial charge in [0.1, 0.15) is 18.6 Å². The Labute approximate surface area is 195 Å². The van der Waals surface area contributed by atoms with Crippen LogP contribution in [0.4, 0.5) is 30.7 Å². The maximum atomic E-state index is 15.1. The van der Waals surface area contributed by atoms with Crippen molar-refractivity contribution in [2.45, 2.75) is 57.3 Å². The summed E-state index contributed by atoms with van der Waals surface area (Å²) < 4.78 is 109. The minimum atomic E-state index is -6.37. The first-order valence-electron chi connectivity index (χ1n) is 10.2. The van der Waals surface area contributed by atoms with Crippen LogP contribution in [0.15, 0.2) is 35.2 Å². The van der Waals surface area contributed by atoms with Crippen LogP contribution in [0.1, 0.15) is 5.56 Å². The lowest BCUT2D eigenvalue weighted by Gasteiger charge is -2.32. The van der Waals surface area contributed by atoms with Gasteiger partial charge in [0.25, 0.3) is 0 Å². The van der Waals surface area contributed by atoms with Gasteiger partial charge in [-0.05, 0) is 44.8 Å². The molecular formula is C17H31F7O2Si6. The van der Waals surface area contributed by atoms with Gasteiger partial charge in [-0.3, -0.25) is 0 Å². The highest BCUT2D eigenvalue weighted by molar-refractivity contribution is 7.17. The van der Waals surface area contributed by atoms with Crippen molar-refractivity contribution >= 4 is 58.8 Å². The Balaban J connectivity index is 3.61. The molecule has 1 rings (SSSR count). The fraction of sp³-hybridized carbons (Fsp3) is 0.529. The second-order valence-corrected chi connectivity index (χ2v) is 30.1. The third-order valence-corrected chi connectivity index (χ3v) is 30.1. The number of benzene rings is 1. The molecule has 0 aliphatic rings. The number of hydrogen-bond donors (Lipinski definition) is 0. The second kappa shape index (κ2) is 11.0. The largest absolute Gasteiger partial charge is 0.463 e. The molecule has 1 aromatic carbocycles. The van der Waals surface area contributed by atoms with Crippen LogP contribution in [0.25, 0.3) is 5.57 Å². The Morgan fingerprint density at radius 3 is 1.47 bits per heavy atom. The minimum Gasteiger partial charge on any atom is -0.463 e. The van der Waals surface area contributed by atoms with Gasteiger partial charge in [-0.1, -0.05) is 35.2 Å². The molecule has 1 aromatic rings. The number of allylic oxidation sites excluding steroid dienone is 1. The maximum absolute atomic E-state index is 15.1. The molecule has 0 aliphatic carbocycles. The first kappa shape index (κ1) is 29.7. The van der Waals surface area contributed by atoms with Gasteiger partial charge >= 0.3 is 18.0 Å². The first-order valence-corrected chi connectivity index (χ1v) is 27.6. The van der Waals surface area contributed by atoms with Crippen LogP contribution in [0.3, 0.4) is 0 Å². The topological polar surface area (TPSA) is 18.5 Å². The Bertz CT molecular complexity index is 752. The van der Waals surface area contributed by atoms with E-state index in [4.69, 9.17) is 8.23 Å². The number of halogens is 7. The van der Waals surface area contributed by atoms with Gasteiger partial charge in [0, 0.05) is 5.57 Å². The van der Waals surface area contributed by atoms with Crippen LogP contribution < -0.4 is 0 Å². The summed E-state index contributed by atoms with van der Waals surface area (Å²) in [5, 5.41) is 0. The maximum Gasteiger partial charge on any atom is 0.460 e. The van der Waals surface area contributed by atoms with Gasteiger partial charge in [-0.2, -0.15) is 30.7 Å². The monoisotopic (exact) mass is 568 g/mol. The van der Waals surface area contributed by atoms with E-state index in [2.05, 4.69) is 0 Å². The zero-order valence-corrected chi connectivity index (χ0v) is 26.8. The molecule has 15 heteroatoms. The van der Waals surface area contributed by atoms with E-state index in [-0.39, 0.29) is 10.4 Å². The number of alkyl halides is 7. The van der Waals surface area contributed by atoms with E-state index < -0.39 is 76.9 Å². The molecular weight excluding hydrogens is 538 g/mol. The summed E-state index contributed by atoms with van der Waals surface area (Å²) in [6.45, 7) is 11.6. The predicted octanol–water partition coefficient (Wildman–Crippen LogP) is 3.23. The molecule has 184 valence electrons. The van der Waals surface area contributed by atoms with Crippen molar-refractivity contribution in [3.63, 3.8) is 0 Å². The predicted molar refractivity (Wildman–Crippen MR) is 132 cm³/mol. The van der Waals surface area contributed by atoms with E-state index >= 15 is 8.78 Å². The highest BCUT2D eigenvalue weighted by Gasteiger charge is 2.74. The fourth-order valence-electron chi connectivity index (χ4n) is 2.88. The molecule has 0 bridgehead atoms. The average Bonchev–Trinajstić information content (AvgIpc) is 2.59. The van der Waals surface area contributed by atoms with Crippen molar-refractivity contribution in [3.8, 4) is 0 Å². The normalized spacial score (nSPS) is 15.4. The van der Waals surface area contributed by atoms with Crippen LogP contribution in [0.5, 0.6) is 0 Å². The van der Waals surface area contributed by atoms with Crippen LogP contribution >= 0.6 is 0 Å². The molecule has 0 aliphatic heterocycles. The van der Waals surface area contributed by atoms with Crippen LogP contribution in [0.2, 0.25) is 39.3 Å². The summed E-state index contributed by atoms with van der Waals surface area (Å²) in [4.78, 5) is 0.167. The smallest absolute Gasteiger partial charge is 0.460 e. The minimum absolute atomic E-state index is 0.167. The Morgan fingerprint density at radius 1 is 0.719 bits per heavy atom. The van der Waals surface area contributed by atoms with Gasteiger partial charge in [0.05, 0.1) is 18.1 Å². The molecule has 0 saturated heterocycles. The lowest BCUT2D eigenvalue weighted by molar-refractivity contribution is -0.338. The van der Waals surface area contributed by atoms with Crippen molar-refractivity contribution < 1.29 is 39.0 Å². The third kappa shape index (κ3) is 8.48. The molecule has 0 N–H and O–H groups in total. The van der Waals surface area contributed by atoms with E-state index in [9.17, 15) is 22.0 Å². The zero-order valence-electron chi connectivity index (χ0n) is 19.2. The van der Waals surface area contributed by atoms with Gasteiger partial charge in [0.15, 0.2) is 16.6 Å². The van der Waals surface area contributed by atoms with Crippen LogP contribution in [0, 0.1) is 0 Å². The van der Waals surface area contributed by atoms with E-state index in [1.54, 1.807) is 0 Å². The van der Waals surface area contributed by atoms with Crippen molar-refractivity contribution in [2.75, 3.05) is 0 Å². The summed E-state index contributed by atoms with van der Waals surface area (Å²) in [5.41, 5.74) is -1.41. The molecule has 0 saturated carbocycles. The quantitative estimate of drug-likeness (QED) is 0.302. The van der Waals surface area contributed by atoms with Crippen molar-refractivity contribution in [1.82, 2.24) is 0 Å². The van der Waals surface area contributed by atoms with Crippen molar-refractivity contribution in [3.05, 3.63) is 40.7 Å². The van der Waals surface area contributed by atoms with Gasteiger partial charge in [-0.25, -0.2) is 0 Å². The van der Waals surface area contributed by atoms with E-state index in [1.165, 1.54) is 30.3 Å². The van der Waals surface area contributed by atoms with Crippen molar-refractivity contribution in [1.29, 1.82) is 0 Å². The standard InChI is InChI=1S/C17H31F7O2Si6/c1-31(2,3)25-29-27-14(28-30-26-32(4,5)6)13(12-10-8-7-9-11-12)15(18,19)16(20,21)17(22,23)24/h7-11H,27-30H2,1-6H3. The summed E-state index contributed by atoms with van der Waals surface area (Å²) in [7, 11) is -9.50. The SMILES string of the molecule is C[Si](C)(C)O[SiH2][SiH2]C([SiH2][SiH2]O[Si](C)(C)C)=C(c1ccccc1)C(F)(F)C(F)(F)C(F)(F)F. The lowest BCUT2D eigenvalue weighted by Crippen LogP contribution is -2.53. The van der Waals surface area contributed by atoms with E-state index in [0.29, 0.717) is 0 Å². The molecule has 0 heterocycles. The Kier molecular flexibility index (Phi) is 10.2. The molecule has 0 fully saturated rings. The number of hydrogen-bond acceptors (Lipinski definition) is 2. The molecule has 0 radical (unpaired) electrons. The highest BCUT2D eigenvalue weighted by atomic mass is 29.2. The molecule has 2 nitrogen and oxygen atoms in total. The van der Waals surface area contributed by atoms with Crippen LogP contribution in [-0.2, 0) is 8.23 Å². The second-order valence-electron chi connectivity index (χ2n) is 9.41. The van der Waals surface area contributed by atoms with E-state index in [1.807, 2.05) is 39.3 Å². The van der Waals surface area contributed by atoms with Crippen molar-refractivity contribution in [2.24, 2.45) is 0 Å². The summed E-state index contributed by atoms with van der Waals surface area (Å²) in [6.07, 6.45) is -6.37. The molecule has 0 amide bonds. The molecule has 0 spiro atoms. The molecule has 0 unspecified atom stereocenters. The van der Waals surface area contributed by atoms with Gasteiger partial charge < -0.3 is 8.23 Å². The average molecular weight is 569 g/mol. The molecule has 0 atom stereocenters. The zero-order chi connectivity index (χ0) is 25.0. The molecule has 32 heavy (non-hydrogen) atoms. The Hall–Kier alpha value is -0.309. The summed E-state index contributed by atoms with van der Waals surface area (Å²) >= 11 is 0. The third-order valence-electron chi connectivity index (χ3n) is 4.36. The summed E-state index contributed by atoms with van der Waals surface area (Å²) in [5.74, 6) is -11.6. The Morgan fingerprint density at radius 2 is 1.12 bits per heavy atom. The van der Waals surface area contributed by atoms with E-state index in [0.717, 1.165) is 0 Å². The number of rotatable bonds is 11. The highest BCUT2D eigenvalue weighted by Crippen LogP contribution is 2.52. The summed E-state index contributed by atoms with van der Waals surface area (Å²) in [6, 6.07) is 6.59. The molecule has 0 aromatic heterocycles. The lowest BCUT2D eigenvalue weighted by atomic mass is 9.96. The fourth-order valence-corrected chi connectivity index (χ4v) is 38.9. The van der Waals surface area contributed by atoms with Crippen LogP contribution in [-0.4, -0.2) is 71.3 Å². The van der Waals surface area contributed by atoms with Gasteiger partial charge in [0.2, 0.25) is 0 Å². The first-order chi connectivity index (χ1) is 14.3.